The molecule has 1 aliphatic rings. The number of nitrogens with zero attached hydrogens (tertiary/aromatic N) is 1. The van der Waals surface area contributed by atoms with Crippen molar-refractivity contribution in [2.45, 2.75) is 38.0 Å². The molecule has 1 unspecified atom stereocenters. The van der Waals surface area contributed by atoms with Crippen LogP contribution in [0.5, 0.6) is 0 Å². The van der Waals surface area contributed by atoms with E-state index in [2.05, 4.69) is 15.0 Å². The van der Waals surface area contributed by atoms with Crippen LogP contribution >= 0.6 is 11.3 Å². The SMILES string of the molecule is Cc1csc(NS(=O)(=O)C(C)CNC2CC2)n1. The summed E-state index contributed by atoms with van der Waals surface area (Å²) in [5.74, 6) is 0. The van der Waals surface area contributed by atoms with Gasteiger partial charge in [0.1, 0.15) is 0 Å². The highest BCUT2D eigenvalue weighted by atomic mass is 32.2. The monoisotopic (exact) mass is 275 g/mol. The number of thiazole rings is 1. The average Bonchev–Trinajstić information content (AvgIpc) is 2.99. The highest BCUT2D eigenvalue weighted by Crippen LogP contribution is 2.20. The lowest BCUT2D eigenvalue weighted by Gasteiger charge is -2.13. The van der Waals surface area contributed by atoms with Crippen molar-refractivity contribution in [1.82, 2.24) is 10.3 Å². The molecule has 0 aromatic carbocycles. The van der Waals surface area contributed by atoms with Gasteiger partial charge in [-0.25, -0.2) is 13.4 Å². The summed E-state index contributed by atoms with van der Waals surface area (Å²) in [4.78, 5) is 4.09. The molecule has 0 aliphatic heterocycles. The minimum absolute atomic E-state index is 0.445. The molecule has 96 valence electrons. The third kappa shape index (κ3) is 3.65. The Hall–Kier alpha value is -0.660. The van der Waals surface area contributed by atoms with Crippen molar-refractivity contribution in [1.29, 1.82) is 0 Å². The molecule has 2 rings (SSSR count). The van der Waals surface area contributed by atoms with Crippen molar-refractivity contribution in [2.24, 2.45) is 0 Å². The number of aryl methyl sites for hydroxylation is 1. The molecule has 17 heavy (non-hydrogen) atoms. The fourth-order valence-electron chi connectivity index (χ4n) is 1.35. The summed E-state index contributed by atoms with van der Waals surface area (Å²) in [6.07, 6.45) is 2.32. The number of hydrogen-bond acceptors (Lipinski definition) is 5. The first-order chi connectivity index (χ1) is 7.97. The summed E-state index contributed by atoms with van der Waals surface area (Å²) < 4.78 is 26.4. The van der Waals surface area contributed by atoms with E-state index in [1.165, 1.54) is 11.3 Å². The van der Waals surface area contributed by atoms with Gasteiger partial charge in [0.2, 0.25) is 10.0 Å². The molecule has 0 saturated heterocycles. The van der Waals surface area contributed by atoms with Gasteiger partial charge in [-0.05, 0) is 26.7 Å². The van der Waals surface area contributed by atoms with Gasteiger partial charge in [-0.15, -0.1) is 11.3 Å². The average molecular weight is 275 g/mol. The minimum Gasteiger partial charge on any atom is -0.313 e. The lowest BCUT2D eigenvalue weighted by Crippen LogP contribution is -2.35. The van der Waals surface area contributed by atoms with Crippen LogP contribution in [-0.2, 0) is 10.0 Å². The van der Waals surface area contributed by atoms with Gasteiger partial charge in [0.25, 0.3) is 0 Å². The van der Waals surface area contributed by atoms with Crippen molar-refractivity contribution in [2.75, 3.05) is 11.3 Å². The summed E-state index contributed by atoms with van der Waals surface area (Å²) in [6, 6.07) is 0.523. The number of anilines is 1. The van der Waals surface area contributed by atoms with Gasteiger partial charge in [-0.1, -0.05) is 0 Å². The second kappa shape index (κ2) is 4.91. The summed E-state index contributed by atoms with van der Waals surface area (Å²) in [6.45, 7) is 4.04. The zero-order valence-electron chi connectivity index (χ0n) is 9.93. The number of aromatic nitrogens is 1. The standard InChI is InChI=1S/C10H17N3O2S2/c1-7-6-16-10(12-7)13-17(14,15)8(2)5-11-9-3-4-9/h6,8-9,11H,3-5H2,1-2H3,(H,12,13). The molecule has 0 spiro atoms. The first-order valence-electron chi connectivity index (χ1n) is 5.64. The van der Waals surface area contributed by atoms with E-state index in [9.17, 15) is 8.42 Å². The summed E-state index contributed by atoms with van der Waals surface area (Å²) in [5, 5.41) is 5.04. The maximum Gasteiger partial charge on any atom is 0.238 e. The van der Waals surface area contributed by atoms with E-state index < -0.39 is 15.3 Å². The van der Waals surface area contributed by atoms with E-state index in [-0.39, 0.29) is 0 Å². The normalized spacial score (nSPS) is 18.0. The van der Waals surface area contributed by atoms with Crippen molar-refractivity contribution in [3.8, 4) is 0 Å². The molecule has 0 radical (unpaired) electrons. The van der Waals surface area contributed by atoms with E-state index >= 15 is 0 Å². The predicted octanol–water partition coefficient (Wildman–Crippen LogP) is 1.33. The van der Waals surface area contributed by atoms with Crippen molar-refractivity contribution in [3.63, 3.8) is 0 Å². The number of sulfonamides is 1. The number of hydrogen-bond donors (Lipinski definition) is 2. The summed E-state index contributed by atoms with van der Waals surface area (Å²) in [7, 11) is -3.33. The van der Waals surface area contributed by atoms with E-state index in [1.807, 2.05) is 12.3 Å². The van der Waals surface area contributed by atoms with Gasteiger partial charge in [0, 0.05) is 18.0 Å². The predicted molar refractivity (Wildman–Crippen MR) is 69.9 cm³/mol. The molecule has 7 heteroatoms. The third-order valence-corrected chi connectivity index (χ3v) is 5.36. The Labute approximate surface area is 106 Å². The van der Waals surface area contributed by atoms with Crippen molar-refractivity contribution >= 4 is 26.5 Å². The molecular weight excluding hydrogens is 258 g/mol. The molecule has 1 aromatic rings. The first kappa shape index (κ1) is 12.8. The zero-order valence-corrected chi connectivity index (χ0v) is 11.6. The fraction of sp³-hybridized carbons (Fsp3) is 0.700. The smallest absolute Gasteiger partial charge is 0.238 e. The molecule has 1 fully saturated rings. The summed E-state index contributed by atoms with van der Waals surface area (Å²) in [5.41, 5.74) is 0.830. The van der Waals surface area contributed by atoms with E-state index in [4.69, 9.17) is 0 Å². The maximum absolute atomic E-state index is 12.0. The van der Waals surface area contributed by atoms with Gasteiger partial charge >= 0.3 is 0 Å². The molecule has 1 saturated carbocycles. The van der Waals surface area contributed by atoms with Gasteiger partial charge < -0.3 is 5.32 Å². The van der Waals surface area contributed by atoms with Crippen LogP contribution < -0.4 is 10.0 Å². The molecular formula is C10H17N3O2S2. The maximum atomic E-state index is 12.0. The van der Waals surface area contributed by atoms with Gasteiger partial charge in [0.05, 0.1) is 10.9 Å². The van der Waals surface area contributed by atoms with Gasteiger partial charge in [0.15, 0.2) is 5.13 Å². The van der Waals surface area contributed by atoms with Crippen molar-refractivity contribution in [3.05, 3.63) is 11.1 Å². The Morgan fingerprint density at radius 2 is 2.29 bits per heavy atom. The quantitative estimate of drug-likeness (QED) is 0.822. The summed E-state index contributed by atoms with van der Waals surface area (Å²) >= 11 is 1.31. The largest absolute Gasteiger partial charge is 0.313 e. The van der Waals surface area contributed by atoms with Crippen molar-refractivity contribution < 1.29 is 8.42 Å². The Morgan fingerprint density at radius 3 is 2.82 bits per heavy atom. The van der Waals surface area contributed by atoms with Crippen LogP contribution in [0.2, 0.25) is 0 Å². The highest BCUT2D eigenvalue weighted by Gasteiger charge is 2.26. The second-order valence-electron chi connectivity index (χ2n) is 4.43. The molecule has 1 aliphatic carbocycles. The molecule has 2 N–H and O–H groups in total. The molecule has 1 atom stereocenters. The zero-order chi connectivity index (χ0) is 12.5. The van der Waals surface area contributed by atoms with Crippen LogP contribution in [-0.4, -0.2) is 31.2 Å². The molecule has 0 bridgehead atoms. The number of nitrogens with one attached hydrogen (secondary N) is 2. The Bertz CT molecular complexity index is 479. The van der Waals surface area contributed by atoms with Crippen LogP contribution in [0.1, 0.15) is 25.5 Å². The Balaban J connectivity index is 1.92. The van der Waals surface area contributed by atoms with E-state index in [1.54, 1.807) is 6.92 Å². The van der Waals surface area contributed by atoms with E-state index in [0.717, 1.165) is 18.5 Å². The van der Waals surface area contributed by atoms with Crippen LogP contribution in [0.15, 0.2) is 5.38 Å². The topological polar surface area (TPSA) is 71.1 Å². The van der Waals surface area contributed by atoms with Gasteiger partial charge in [-0.3, -0.25) is 4.72 Å². The molecule has 1 aromatic heterocycles. The lowest BCUT2D eigenvalue weighted by molar-refractivity contribution is 0.576. The van der Waals surface area contributed by atoms with E-state index in [0.29, 0.717) is 17.7 Å². The van der Waals surface area contributed by atoms with Crippen LogP contribution in [0.3, 0.4) is 0 Å². The fourth-order valence-corrected chi connectivity index (χ4v) is 3.23. The van der Waals surface area contributed by atoms with Crippen LogP contribution in [0.25, 0.3) is 0 Å². The van der Waals surface area contributed by atoms with Crippen LogP contribution in [0.4, 0.5) is 5.13 Å². The number of rotatable bonds is 6. The molecule has 0 amide bonds. The Morgan fingerprint density at radius 1 is 1.59 bits per heavy atom. The molecule has 1 heterocycles. The third-order valence-electron chi connectivity index (χ3n) is 2.65. The Kier molecular flexibility index (Phi) is 3.70. The highest BCUT2D eigenvalue weighted by molar-refractivity contribution is 7.93. The lowest BCUT2D eigenvalue weighted by atomic mass is 10.4. The second-order valence-corrected chi connectivity index (χ2v) is 7.39. The van der Waals surface area contributed by atoms with Gasteiger partial charge in [-0.2, -0.15) is 0 Å². The molecule has 5 nitrogen and oxygen atoms in total. The minimum atomic E-state index is -3.33. The van der Waals surface area contributed by atoms with Crippen LogP contribution in [0, 0.1) is 6.92 Å². The first-order valence-corrected chi connectivity index (χ1v) is 8.07.